The van der Waals surface area contributed by atoms with Crippen molar-refractivity contribution < 1.29 is 4.74 Å². The van der Waals surface area contributed by atoms with Gasteiger partial charge in [0.05, 0.1) is 6.61 Å². The van der Waals surface area contributed by atoms with Crippen LogP contribution in [0.5, 0.6) is 0 Å². The number of rotatable bonds is 21. The molecule has 0 aliphatic heterocycles. The Labute approximate surface area is 166 Å². The molecule has 0 heterocycles. The molecule has 0 radical (unpaired) electrons. The second-order valence-electron chi connectivity index (χ2n) is 8.43. The van der Waals surface area contributed by atoms with Gasteiger partial charge in [0.15, 0.2) is 0 Å². The Hall–Kier alpha value is -0.0800. The van der Waals surface area contributed by atoms with Crippen LogP contribution in [0.1, 0.15) is 123 Å². The van der Waals surface area contributed by atoms with Crippen LogP contribution >= 0.6 is 0 Å². The maximum absolute atomic E-state index is 5.98. The van der Waals surface area contributed by atoms with E-state index in [0.29, 0.717) is 6.04 Å². The first kappa shape index (κ1) is 25.9. The Morgan fingerprint density at radius 3 is 1.46 bits per heavy atom. The van der Waals surface area contributed by atoms with Crippen molar-refractivity contribution >= 4 is 0 Å². The summed E-state index contributed by atoms with van der Waals surface area (Å²) in [5.41, 5.74) is 0. The highest BCUT2D eigenvalue weighted by Crippen LogP contribution is 2.13. The first-order valence-electron chi connectivity index (χ1n) is 12.0. The van der Waals surface area contributed by atoms with Gasteiger partial charge in [0, 0.05) is 12.6 Å². The minimum Gasteiger partial charge on any atom is -0.380 e. The van der Waals surface area contributed by atoms with Crippen molar-refractivity contribution in [2.24, 2.45) is 0 Å². The second kappa shape index (κ2) is 21.2. The van der Waals surface area contributed by atoms with Crippen LogP contribution in [-0.4, -0.2) is 38.3 Å². The summed E-state index contributed by atoms with van der Waals surface area (Å²) < 4.78 is 5.98. The molecule has 0 aromatic rings. The zero-order chi connectivity index (χ0) is 19.3. The van der Waals surface area contributed by atoms with Crippen LogP contribution in [0.25, 0.3) is 0 Å². The van der Waals surface area contributed by atoms with Crippen LogP contribution in [0.2, 0.25) is 0 Å². The van der Waals surface area contributed by atoms with Crippen LogP contribution in [0, 0.1) is 0 Å². The molecular weight excluding hydrogens is 318 g/mol. The summed E-state index contributed by atoms with van der Waals surface area (Å²) in [4.78, 5) is 2.36. The lowest BCUT2D eigenvalue weighted by molar-refractivity contribution is 0.0721. The monoisotopic (exact) mass is 369 g/mol. The Morgan fingerprint density at radius 2 is 1.00 bits per heavy atom. The summed E-state index contributed by atoms with van der Waals surface area (Å²) in [6, 6.07) is 0.601. The molecule has 0 spiro atoms. The molecule has 0 aromatic carbocycles. The zero-order valence-corrected chi connectivity index (χ0v) is 18.9. The summed E-state index contributed by atoms with van der Waals surface area (Å²) >= 11 is 0. The fourth-order valence-electron chi connectivity index (χ4n) is 3.56. The molecule has 26 heavy (non-hydrogen) atoms. The van der Waals surface area contributed by atoms with Crippen LogP contribution in [0.15, 0.2) is 0 Å². The Morgan fingerprint density at radius 1 is 0.577 bits per heavy atom. The van der Waals surface area contributed by atoms with Crippen molar-refractivity contribution in [2.75, 3.05) is 27.3 Å². The highest BCUT2D eigenvalue weighted by Gasteiger charge is 2.11. The molecule has 0 aromatic heterocycles. The van der Waals surface area contributed by atoms with E-state index in [1.165, 1.54) is 109 Å². The van der Waals surface area contributed by atoms with E-state index in [1.54, 1.807) is 0 Å². The molecule has 0 rings (SSSR count). The fourth-order valence-corrected chi connectivity index (χ4v) is 3.56. The molecule has 0 amide bonds. The maximum atomic E-state index is 5.98. The van der Waals surface area contributed by atoms with Gasteiger partial charge in [-0.15, -0.1) is 0 Å². The molecule has 0 unspecified atom stereocenters. The van der Waals surface area contributed by atoms with Crippen LogP contribution < -0.4 is 0 Å². The van der Waals surface area contributed by atoms with E-state index in [2.05, 4.69) is 32.8 Å². The lowest BCUT2D eigenvalue weighted by atomic mass is 10.0. The van der Waals surface area contributed by atoms with E-state index in [9.17, 15) is 0 Å². The van der Waals surface area contributed by atoms with Crippen molar-refractivity contribution in [1.29, 1.82) is 0 Å². The SMILES string of the molecule is CCCCCCCCCCOC[C@@H](CCCCCCCCCC)N(C)C. The van der Waals surface area contributed by atoms with Crippen LogP contribution in [-0.2, 0) is 4.74 Å². The van der Waals surface area contributed by atoms with Crippen molar-refractivity contribution in [1.82, 2.24) is 4.90 Å². The average Bonchev–Trinajstić information content (AvgIpc) is 2.63. The highest BCUT2D eigenvalue weighted by molar-refractivity contribution is 4.65. The summed E-state index contributed by atoms with van der Waals surface area (Å²) in [7, 11) is 4.41. The van der Waals surface area contributed by atoms with Gasteiger partial charge >= 0.3 is 0 Å². The third-order valence-corrected chi connectivity index (χ3v) is 5.57. The lowest BCUT2D eigenvalue weighted by Crippen LogP contribution is -2.32. The molecule has 0 fully saturated rings. The van der Waals surface area contributed by atoms with Gasteiger partial charge in [-0.05, 0) is 26.9 Å². The smallest absolute Gasteiger partial charge is 0.0621 e. The standard InChI is InChI=1S/C24H51NO/c1-5-7-9-11-13-15-17-19-21-24(25(3)4)23-26-22-20-18-16-14-12-10-8-6-2/h24H,5-23H2,1-4H3/t24-/m1/s1. The molecular formula is C24H51NO. The van der Waals surface area contributed by atoms with E-state index >= 15 is 0 Å². The van der Waals surface area contributed by atoms with Crippen molar-refractivity contribution in [2.45, 2.75) is 129 Å². The topological polar surface area (TPSA) is 12.5 Å². The zero-order valence-electron chi connectivity index (χ0n) is 18.9. The number of hydrogen-bond donors (Lipinski definition) is 0. The third-order valence-electron chi connectivity index (χ3n) is 5.57. The Balaban J connectivity index is 3.45. The molecule has 2 nitrogen and oxygen atoms in total. The number of likely N-dealkylation sites (N-methyl/N-ethyl adjacent to an activating group) is 1. The number of hydrogen-bond acceptors (Lipinski definition) is 2. The summed E-state index contributed by atoms with van der Waals surface area (Å²) in [6.07, 6.45) is 23.5. The predicted molar refractivity (Wildman–Crippen MR) is 118 cm³/mol. The van der Waals surface area contributed by atoms with E-state index in [1.807, 2.05) is 0 Å². The van der Waals surface area contributed by atoms with E-state index in [4.69, 9.17) is 4.74 Å². The van der Waals surface area contributed by atoms with Gasteiger partial charge in [0.1, 0.15) is 0 Å². The van der Waals surface area contributed by atoms with Crippen molar-refractivity contribution in [3.8, 4) is 0 Å². The normalized spacial score (nSPS) is 12.8. The minimum absolute atomic E-state index is 0.601. The van der Waals surface area contributed by atoms with Gasteiger partial charge in [0.2, 0.25) is 0 Å². The van der Waals surface area contributed by atoms with Gasteiger partial charge in [-0.1, -0.05) is 110 Å². The van der Waals surface area contributed by atoms with Crippen molar-refractivity contribution in [3.63, 3.8) is 0 Å². The molecule has 1 atom stereocenters. The lowest BCUT2D eigenvalue weighted by Gasteiger charge is -2.24. The summed E-state index contributed by atoms with van der Waals surface area (Å²) in [5, 5.41) is 0. The van der Waals surface area contributed by atoms with E-state index < -0.39 is 0 Å². The van der Waals surface area contributed by atoms with Crippen LogP contribution in [0.4, 0.5) is 0 Å². The summed E-state index contributed by atoms with van der Waals surface area (Å²) in [6.45, 7) is 6.45. The second-order valence-corrected chi connectivity index (χ2v) is 8.43. The Bertz CT molecular complexity index is 255. The van der Waals surface area contributed by atoms with Crippen LogP contribution in [0.3, 0.4) is 0 Å². The third kappa shape index (κ3) is 18.7. The molecule has 2 heteroatoms. The molecule has 0 saturated carbocycles. The Kier molecular flexibility index (Phi) is 21.2. The number of nitrogens with zero attached hydrogens (tertiary/aromatic N) is 1. The molecule has 0 aliphatic carbocycles. The molecule has 0 N–H and O–H groups in total. The minimum atomic E-state index is 0.601. The van der Waals surface area contributed by atoms with Gasteiger partial charge in [-0.2, -0.15) is 0 Å². The quantitative estimate of drug-likeness (QED) is 0.193. The van der Waals surface area contributed by atoms with Gasteiger partial charge < -0.3 is 9.64 Å². The predicted octanol–water partition coefficient (Wildman–Crippen LogP) is 7.60. The first-order chi connectivity index (χ1) is 12.7. The average molecular weight is 370 g/mol. The largest absolute Gasteiger partial charge is 0.380 e. The summed E-state index contributed by atoms with van der Waals surface area (Å²) in [5.74, 6) is 0. The molecule has 0 bridgehead atoms. The molecule has 0 saturated heterocycles. The van der Waals surface area contributed by atoms with Gasteiger partial charge in [-0.3, -0.25) is 0 Å². The molecule has 0 aliphatic rings. The van der Waals surface area contributed by atoms with Crippen molar-refractivity contribution in [3.05, 3.63) is 0 Å². The maximum Gasteiger partial charge on any atom is 0.0621 e. The highest BCUT2D eigenvalue weighted by atomic mass is 16.5. The molecule has 158 valence electrons. The van der Waals surface area contributed by atoms with E-state index in [-0.39, 0.29) is 0 Å². The fraction of sp³-hybridized carbons (Fsp3) is 1.00. The van der Waals surface area contributed by atoms with Gasteiger partial charge in [0.25, 0.3) is 0 Å². The van der Waals surface area contributed by atoms with E-state index in [0.717, 1.165) is 13.2 Å². The number of ether oxygens (including phenoxy) is 1. The number of unbranched alkanes of at least 4 members (excludes halogenated alkanes) is 14. The first-order valence-corrected chi connectivity index (χ1v) is 12.0. The van der Waals surface area contributed by atoms with Gasteiger partial charge in [-0.25, -0.2) is 0 Å².